The maximum absolute atomic E-state index is 12.5. The van der Waals surface area contributed by atoms with Crippen molar-refractivity contribution in [1.29, 1.82) is 0 Å². The SMILES string of the molecule is CCCOC(=O)c1c(NC(=O)CCn2nc(C)c([N+](=O)[O-])c2C)sc(C(=O)OC)c1C. The lowest BCUT2D eigenvalue weighted by atomic mass is 10.1. The maximum Gasteiger partial charge on any atom is 0.348 e. The van der Waals surface area contributed by atoms with Crippen LogP contribution in [0.1, 0.15) is 56.7 Å². The monoisotopic (exact) mass is 452 g/mol. The van der Waals surface area contributed by atoms with Gasteiger partial charge in [-0.1, -0.05) is 6.92 Å². The second-order valence-electron chi connectivity index (χ2n) is 6.69. The van der Waals surface area contributed by atoms with E-state index < -0.39 is 22.8 Å². The van der Waals surface area contributed by atoms with E-state index >= 15 is 0 Å². The van der Waals surface area contributed by atoms with E-state index in [0.717, 1.165) is 11.3 Å². The number of carbonyl (C=O) groups is 3. The molecule has 0 saturated carbocycles. The van der Waals surface area contributed by atoms with Gasteiger partial charge in [-0.15, -0.1) is 11.3 Å². The number of thiophene rings is 1. The summed E-state index contributed by atoms with van der Waals surface area (Å²) in [6.07, 6.45) is 0.572. The van der Waals surface area contributed by atoms with Crippen molar-refractivity contribution in [3.05, 3.63) is 37.5 Å². The molecule has 31 heavy (non-hydrogen) atoms. The molecule has 2 aromatic heterocycles. The third-order valence-corrected chi connectivity index (χ3v) is 5.68. The normalized spacial score (nSPS) is 10.6. The largest absolute Gasteiger partial charge is 0.465 e. The number of ether oxygens (including phenoxy) is 2. The number of rotatable bonds is 9. The number of esters is 2. The molecule has 0 atom stereocenters. The summed E-state index contributed by atoms with van der Waals surface area (Å²) in [7, 11) is 1.22. The van der Waals surface area contributed by atoms with Crippen LogP contribution >= 0.6 is 11.3 Å². The van der Waals surface area contributed by atoms with Gasteiger partial charge in [-0.2, -0.15) is 5.10 Å². The average molecular weight is 452 g/mol. The number of nitro groups is 1. The number of hydrogen-bond donors (Lipinski definition) is 1. The van der Waals surface area contributed by atoms with Crippen LogP contribution in [0.5, 0.6) is 0 Å². The van der Waals surface area contributed by atoms with Crippen LogP contribution in [0.2, 0.25) is 0 Å². The summed E-state index contributed by atoms with van der Waals surface area (Å²) < 4.78 is 11.3. The quantitative estimate of drug-likeness (QED) is 0.347. The smallest absolute Gasteiger partial charge is 0.348 e. The van der Waals surface area contributed by atoms with E-state index in [1.807, 2.05) is 6.92 Å². The van der Waals surface area contributed by atoms with Crippen molar-refractivity contribution < 1.29 is 28.8 Å². The molecule has 0 bridgehead atoms. The molecule has 0 unspecified atom stereocenters. The number of anilines is 1. The van der Waals surface area contributed by atoms with Crippen molar-refractivity contribution in [2.45, 2.75) is 47.1 Å². The van der Waals surface area contributed by atoms with Gasteiger partial charge in [0, 0.05) is 6.42 Å². The topological polar surface area (TPSA) is 143 Å². The summed E-state index contributed by atoms with van der Waals surface area (Å²) in [6, 6.07) is 0. The summed E-state index contributed by atoms with van der Waals surface area (Å²) in [5.41, 5.74) is 0.994. The number of methoxy groups -OCH3 is 1. The number of aromatic nitrogens is 2. The van der Waals surface area contributed by atoms with Crippen LogP contribution < -0.4 is 5.32 Å². The van der Waals surface area contributed by atoms with Gasteiger partial charge in [0.05, 0.1) is 30.7 Å². The van der Waals surface area contributed by atoms with Crippen LogP contribution in [0.3, 0.4) is 0 Å². The van der Waals surface area contributed by atoms with E-state index in [1.165, 1.54) is 18.7 Å². The molecule has 2 heterocycles. The van der Waals surface area contributed by atoms with Gasteiger partial charge in [-0.25, -0.2) is 9.59 Å². The molecule has 0 saturated heterocycles. The summed E-state index contributed by atoms with van der Waals surface area (Å²) in [5, 5.41) is 18.0. The zero-order valence-corrected chi connectivity index (χ0v) is 18.8. The number of hydrogen-bond acceptors (Lipinski definition) is 9. The lowest BCUT2D eigenvalue weighted by Gasteiger charge is -2.08. The van der Waals surface area contributed by atoms with Crippen LogP contribution in [-0.4, -0.2) is 46.3 Å². The second-order valence-corrected chi connectivity index (χ2v) is 7.71. The van der Waals surface area contributed by atoms with Crippen molar-refractivity contribution >= 4 is 39.9 Å². The molecule has 2 aromatic rings. The molecule has 0 fully saturated rings. The van der Waals surface area contributed by atoms with E-state index in [0.29, 0.717) is 17.7 Å². The minimum absolute atomic E-state index is 0.0485. The first kappa shape index (κ1) is 24.0. The van der Waals surface area contributed by atoms with Crippen molar-refractivity contribution in [1.82, 2.24) is 9.78 Å². The predicted octanol–water partition coefficient (Wildman–Crippen LogP) is 3.16. The minimum Gasteiger partial charge on any atom is -0.465 e. The van der Waals surface area contributed by atoms with E-state index in [9.17, 15) is 24.5 Å². The molecule has 0 radical (unpaired) electrons. The summed E-state index contributed by atoms with van der Waals surface area (Å²) >= 11 is 0.925. The molecular weight excluding hydrogens is 428 g/mol. The maximum atomic E-state index is 12.5. The Morgan fingerprint density at radius 3 is 2.45 bits per heavy atom. The molecule has 2 rings (SSSR count). The Bertz CT molecular complexity index is 1030. The van der Waals surface area contributed by atoms with E-state index in [-0.39, 0.29) is 46.4 Å². The van der Waals surface area contributed by atoms with Crippen LogP contribution in [-0.2, 0) is 20.8 Å². The Hall–Kier alpha value is -3.28. The third-order valence-electron chi connectivity index (χ3n) is 4.49. The molecule has 0 aliphatic carbocycles. The van der Waals surface area contributed by atoms with Gasteiger partial charge in [-0.3, -0.25) is 19.6 Å². The average Bonchev–Trinajstić information content (AvgIpc) is 3.19. The first-order chi connectivity index (χ1) is 14.6. The molecular formula is C19H24N4O7S. The molecule has 0 aliphatic rings. The number of carbonyl (C=O) groups excluding carboxylic acids is 3. The molecule has 12 heteroatoms. The highest BCUT2D eigenvalue weighted by atomic mass is 32.1. The van der Waals surface area contributed by atoms with Gasteiger partial charge in [-0.05, 0) is 32.8 Å². The van der Waals surface area contributed by atoms with Gasteiger partial charge in [0.15, 0.2) is 0 Å². The Morgan fingerprint density at radius 1 is 1.23 bits per heavy atom. The molecule has 168 valence electrons. The Kier molecular flexibility index (Phi) is 7.86. The van der Waals surface area contributed by atoms with Crippen molar-refractivity contribution in [2.75, 3.05) is 19.0 Å². The predicted molar refractivity (Wildman–Crippen MR) is 113 cm³/mol. The highest BCUT2D eigenvalue weighted by molar-refractivity contribution is 7.18. The number of nitrogens with zero attached hydrogens (tertiary/aromatic N) is 3. The van der Waals surface area contributed by atoms with E-state index in [4.69, 9.17) is 9.47 Å². The van der Waals surface area contributed by atoms with Crippen LogP contribution in [0, 0.1) is 30.9 Å². The van der Waals surface area contributed by atoms with E-state index in [1.54, 1.807) is 13.8 Å². The fraction of sp³-hybridized carbons (Fsp3) is 0.474. The molecule has 11 nitrogen and oxygen atoms in total. The molecule has 1 amide bonds. The highest BCUT2D eigenvalue weighted by Crippen LogP contribution is 2.34. The fourth-order valence-corrected chi connectivity index (χ4v) is 4.10. The molecule has 0 aromatic carbocycles. The Morgan fingerprint density at radius 2 is 1.90 bits per heavy atom. The lowest BCUT2D eigenvalue weighted by Crippen LogP contribution is -2.17. The van der Waals surface area contributed by atoms with Crippen LogP contribution in [0.4, 0.5) is 10.7 Å². The highest BCUT2D eigenvalue weighted by Gasteiger charge is 2.27. The number of nitrogens with one attached hydrogen (secondary N) is 1. The summed E-state index contributed by atoms with van der Waals surface area (Å²) in [4.78, 5) is 47.8. The second kappa shape index (κ2) is 10.2. The van der Waals surface area contributed by atoms with E-state index in [2.05, 4.69) is 10.4 Å². The van der Waals surface area contributed by atoms with Crippen LogP contribution in [0.25, 0.3) is 0 Å². The zero-order chi connectivity index (χ0) is 23.3. The Balaban J connectivity index is 2.22. The van der Waals surface area contributed by atoms with Gasteiger partial charge >= 0.3 is 17.6 Å². The molecule has 0 spiro atoms. The number of amides is 1. The van der Waals surface area contributed by atoms with Crippen molar-refractivity contribution in [3.8, 4) is 0 Å². The zero-order valence-electron chi connectivity index (χ0n) is 17.9. The first-order valence-electron chi connectivity index (χ1n) is 9.49. The fourth-order valence-electron chi connectivity index (χ4n) is 2.97. The summed E-state index contributed by atoms with van der Waals surface area (Å²) in [5.74, 6) is -1.71. The molecule has 1 N–H and O–H groups in total. The van der Waals surface area contributed by atoms with Crippen molar-refractivity contribution in [2.24, 2.45) is 0 Å². The third kappa shape index (κ3) is 5.26. The van der Waals surface area contributed by atoms with Gasteiger partial charge < -0.3 is 14.8 Å². The standard InChI is InChI=1S/C19H24N4O7S/c1-6-9-30-18(25)14-10(2)16(19(26)29-5)31-17(14)20-13(24)7-8-22-12(4)15(23(27)28)11(3)21-22/h6-9H2,1-5H3,(H,20,24). The lowest BCUT2D eigenvalue weighted by molar-refractivity contribution is -0.386. The van der Waals surface area contributed by atoms with Gasteiger partial charge in [0.25, 0.3) is 0 Å². The first-order valence-corrected chi connectivity index (χ1v) is 10.3. The Labute approximate surface area is 182 Å². The molecule has 0 aliphatic heterocycles. The van der Waals surface area contributed by atoms with Gasteiger partial charge in [0.2, 0.25) is 5.91 Å². The van der Waals surface area contributed by atoms with Crippen LogP contribution in [0.15, 0.2) is 0 Å². The minimum atomic E-state index is -0.643. The van der Waals surface area contributed by atoms with Gasteiger partial charge in [0.1, 0.15) is 21.3 Å². The summed E-state index contributed by atoms with van der Waals surface area (Å²) in [6.45, 7) is 6.82. The number of aryl methyl sites for hydroxylation is 2. The van der Waals surface area contributed by atoms with Crippen molar-refractivity contribution in [3.63, 3.8) is 0 Å².